The molecular formula is C24H27FN2O. The minimum absolute atomic E-state index is 0.158. The second-order valence-corrected chi connectivity index (χ2v) is 9.78. The number of aromatic nitrogens is 1. The highest BCUT2D eigenvalue weighted by Gasteiger charge is 2.56. The number of carbonyl (C=O) groups is 1. The molecular weight excluding hydrogens is 351 g/mol. The van der Waals surface area contributed by atoms with Crippen molar-refractivity contribution >= 4 is 5.91 Å². The van der Waals surface area contributed by atoms with Crippen molar-refractivity contribution in [3.05, 3.63) is 59.7 Å². The molecule has 5 aliphatic rings. The lowest BCUT2D eigenvalue weighted by Crippen LogP contribution is -2.56. The molecule has 4 bridgehead atoms. The fraction of sp³-hybridized carbons (Fsp3) is 0.542. The first kappa shape index (κ1) is 16.8. The van der Waals surface area contributed by atoms with Gasteiger partial charge in [0, 0.05) is 25.0 Å². The van der Waals surface area contributed by atoms with E-state index < -0.39 is 0 Å². The molecule has 1 aliphatic heterocycles. The van der Waals surface area contributed by atoms with E-state index in [2.05, 4.69) is 21.7 Å². The van der Waals surface area contributed by atoms with Gasteiger partial charge in [0.2, 0.25) is 5.91 Å². The first-order valence-corrected chi connectivity index (χ1v) is 10.8. The largest absolute Gasteiger partial charge is 0.348 e. The number of benzene rings is 1. The topological polar surface area (TPSA) is 25.2 Å². The number of nitrogens with zero attached hydrogens (tertiary/aromatic N) is 2. The summed E-state index contributed by atoms with van der Waals surface area (Å²) in [4.78, 5) is 16.2. The summed E-state index contributed by atoms with van der Waals surface area (Å²) in [6, 6.07) is 10.8. The van der Waals surface area contributed by atoms with E-state index in [4.69, 9.17) is 0 Å². The zero-order valence-corrected chi connectivity index (χ0v) is 16.2. The highest BCUT2D eigenvalue weighted by atomic mass is 19.1. The maximum atomic E-state index is 14.1. The number of hydrogen-bond donors (Lipinski definition) is 0. The maximum absolute atomic E-state index is 14.1. The number of fused-ring (bicyclic) bond motifs is 1. The molecule has 0 saturated heterocycles. The van der Waals surface area contributed by atoms with Gasteiger partial charge in [0.1, 0.15) is 5.82 Å². The number of halogens is 1. The second kappa shape index (κ2) is 5.95. The fourth-order valence-corrected chi connectivity index (χ4v) is 7.31. The lowest BCUT2D eigenvalue weighted by Gasteiger charge is -2.57. The third-order valence-electron chi connectivity index (χ3n) is 7.96. The van der Waals surface area contributed by atoms with Crippen molar-refractivity contribution in [1.82, 2.24) is 9.47 Å². The second-order valence-electron chi connectivity index (χ2n) is 9.78. The molecule has 0 spiro atoms. The van der Waals surface area contributed by atoms with Crippen LogP contribution >= 0.6 is 0 Å². The van der Waals surface area contributed by atoms with Crippen molar-refractivity contribution in [2.24, 2.45) is 23.2 Å². The van der Waals surface area contributed by atoms with E-state index in [0.29, 0.717) is 12.5 Å². The summed E-state index contributed by atoms with van der Waals surface area (Å²) in [7, 11) is 0. The highest BCUT2D eigenvalue weighted by Crippen LogP contribution is 2.61. The van der Waals surface area contributed by atoms with Gasteiger partial charge in [0.15, 0.2) is 0 Å². The van der Waals surface area contributed by atoms with Gasteiger partial charge in [-0.05, 0) is 86.1 Å². The van der Waals surface area contributed by atoms with Gasteiger partial charge in [-0.3, -0.25) is 4.79 Å². The molecule has 1 unspecified atom stereocenters. The van der Waals surface area contributed by atoms with Crippen molar-refractivity contribution in [2.45, 2.75) is 51.1 Å². The first-order chi connectivity index (χ1) is 13.6. The van der Waals surface area contributed by atoms with E-state index in [1.54, 1.807) is 12.1 Å². The Kier molecular flexibility index (Phi) is 3.57. The molecule has 3 nitrogen and oxygen atoms in total. The summed E-state index contributed by atoms with van der Waals surface area (Å²) in [6.45, 7) is 1.54. The Morgan fingerprint density at radius 1 is 0.964 bits per heavy atom. The van der Waals surface area contributed by atoms with Crippen LogP contribution in [0.25, 0.3) is 0 Å². The van der Waals surface area contributed by atoms with Crippen LogP contribution in [0.1, 0.15) is 55.8 Å². The average Bonchev–Trinajstić information content (AvgIpc) is 3.14. The number of rotatable bonds is 2. The summed E-state index contributed by atoms with van der Waals surface area (Å²) in [5, 5.41) is 0. The van der Waals surface area contributed by atoms with Gasteiger partial charge in [-0.25, -0.2) is 4.39 Å². The van der Waals surface area contributed by atoms with Crippen molar-refractivity contribution in [3.63, 3.8) is 0 Å². The molecule has 4 aliphatic carbocycles. The zero-order valence-electron chi connectivity index (χ0n) is 16.2. The van der Waals surface area contributed by atoms with Crippen LogP contribution in [-0.4, -0.2) is 21.9 Å². The van der Waals surface area contributed by atoms with E-state index in [9.17, 15) is 9.18 Å². The summed E-state index contributed by atoms with van der Waals surface area (Å²) >= 11 is 0. The third-order valence-corrected chi connectivity index (χ3v) is 7.96. The molecule has 4 fully saturated rings. The van der Waals surface area contributed by atoms with Crippen LogP contribution in [0.5, 0.6) is 0 Å². The summed E-state index contributed by atoms with van der Waals surface area (Å²) < 4.78 is 16.3. The van der Waals surface area contributed by atoms with Gasteiger partial charge in [-0.15, -0.1) is 0 Å². The van der Waals surface area contributed by atoms with Crippen LogP contribution < -0.4 is 0 Å². The van der Waals surface area contributed by atoms with E-state index in [-0.39, 0.29) is 17.3 Å². The van der Waals surface area contributed by atoms with Crippen LogP contribution in [0.2, 0.25) is 0 Å². The Bertz CT molecular complexity index is 897. The standard InChI is InChI=1S/C24H27FN2O/c25-20-4-1-3-19(12-20)22-21-5-2-6-26(21)7-8-27(22)23(28)24-13-16-9-17(14-24)11-18(10-16)15-24/h1-6,12,16-18,22H,7-11,13-15H2. The normalized spacial score (nSPS) is 35.8. The third kappa shape index (κ3) is 2.42. The number of hydrogen-bond acceptors (Lipinski definition) is 1. The van der Waals surface area contributed by atoms with Gasteiger partial charge in [-0.1, -0.05) is 12.1 Å². The van der Waals surface area contributed by atoms with E-state index >= 15 is 0 Å². The molecule has 7 rings (SSSR count). The van der Waals surface area contributed by atoms with Gasteiger partial charge in [-0.2, -0.15) is 0 Å². The first-order valence-electron chi connectivity index (χ1n) is 10.8. The molecule has 146 valence electrons. The lowest BCUT2D eigenvalue weighted by molar-refractivity contribution is -0.160. The van der Waals surface area contributed by atoms with Crippen molar-refractivity contribution < 1.29 is 9.18 Å². The van der Waals surface area contributed by atoms with Gasteiger partial charge >= 0.3 is 0 Å². The van der Waals surface area contributed by atoms with E-state index in [1.165, 1.54) is 25.3 Å². The molecule has 1 amide bonds. The fourth-order valence-electron chi connectivity index (χ4n) is 7.31. The molecule has 4 heteroatoms. The number of carbonyl (C=O) groups excluding carboxylic acids is 1. The zero-order chi connectivity index (χ0) is 18.9. The Balaban J connectivity index is 1.41. The van der Waals surface area contributed by atoms with Crippen LogP contribution in [0.15, 0.2) is 42.6 Å². The number of amides is 1. The van der Waals surface area contributed by atoms with Crippen molar-refractivity contribution in [2.75, 3.05) is 6.54 Å². The molecule has 1 atom stereocenters. The van der Waals surface area contributed by atoms with Gasteiger partial charge < -0.3 is 9.47 Å². The van der Waals surface area contributed by atoms with Crippen molar-refractivity contribution in [3.8, 4) is 0 Å². The predicted octanol–water partition coefficient (Wildman–Crippen LogP) is 4.78. The van der Waals surface area contributed by atoms with E-state index in [1.807, 2.05) is 12.1 Å². The Morgan fingerprint density at radius 2 is 1.68 bits per heavy atom. The molecule has 1 aromatic heterocycles. The quantitative estimate of drug-likeness (QED) is 0.739. The van der Waals surface area contributed by atoms with Crippen LogP contribution in [0.3, 0.4) is 0 Å². The summed E-state index contributed by atoms with van der Waals surface area (Å²) in [5.41, 5.74) is 1.84. The smallest absolute Gasteiger partial charge is 0.229 e. The highest BCUT2D eigenvalue weighted by molar-refractivity contribution is 5.84. The molecule has 28 heavy (non-hydrogen) atoms. The molecule has 0 radical (unpaired) electrons. The van der Waals surface area contributed by atoms with E-state index in [0.717, 1.165) is 54.8 Å². The SMILES string of the molecule is O=C(N1CCn2cccc2C1c1cccc(F)c1)C12CC3CC(CC(C3)C1)C2. The maximum Gasteiger partial charge on any atom is 0.229 e. The minimum atomic E-state index is -0.233. The van der Waals surface area contributed by atoms with Crippen LogP contribution in [-0.2, 0) is 11.3 Å². The Labute approximate surface area is 165 Å². The summed E-state index contributed by atoms with van der Waals surface area (Å²) in [5.74, 6) is 2.35. The molecule has 4 saturated carbocycles. The Morgan fingerprint density at radius 3 is 2.36 bits per heavy atom. The molecule has 0 N–H and O–H groups in total. The van der Waals surface area contributed by atoms with Gasteiger partial charge in [0.25, 0.3) is 0 Å². The molecule has 2 aromatic rings. The van der Waals surface area contributed by atoms with Crippen LogP contribution in [0, 0.1) is 29.0 Å². The summed E-state index contributed by atoms with van der Waals surface area (Å²) in [6.07, 6.45) is 9.31. The van der Waals surface area contributed by atoms with Gasteiger partial charge in [0.05, 0.1) is 11.5 Å². The monoisotopic (exact) mass is 378 g/mol. The predicted molar refractivity (Wildman–Crippen MR) is 105 cm³/mol. The molecule has 1 aromatic carbocycles. The minimum Gasteiger partial charge on any atom is -0.348 e. The average molecular weight is 378 g/mol. The Hall–Kier alpha value is -2.10. The van der Waals surface area contributed by atoms with Crippen LogP contribution in [0.4, 0.5) is 4.39 Å². The lowest BCUT2D eigenvalue weighted by atomic mass is 9.49. The van der Waals surface area contributed by atoms with Crippen molar-refractivity contribution in [1.29, 1.82) is 0 Å². The molecule has 2 heterocycles.